The lowest BCUT2D eigenvalue weighted by Gasteiger charge is -2.40. The Kier molecular flexibility index (Phi) is 11.9. The molecule has 3 aromatic rings. The first-order chi connectivity index (χ1) is 21.1. The van der Waals surface area contributed by atoms with Gasteiger partial charge in [-0.3, -0.25) is 19.8 Å². The van der Waals surface area contributed by atoms with E-state index in [0.717, 1.165) is 36.2 Å². The second-order valence-corrected chi connectivity index (χ2v) is 14.2. The summed E-state index contributed by atoms with van der Waals surface area (Å²) in [7, 11) is -4.14. The molecule has 2 heterocycles. The zero-order valence-electron chi connectivity index (χ0n) is 25.3. The molecule has 0 spiro atoms. The van der Waals surface area contributed by atoms with E-state index in [-0.39, 0.29) is 61.4 Å². The van der Waals surface area contributed by atoms with Gasteiger partial charge in [-0.15, -0.1) is 11.3 Å². The lowest BCUT2D eigenvalue weighted by molar-refractivity contribution is -0.122. The number of sulfonamides is 1. The zero-order chi connectivity index (χ0) is 31.6. The fourth-order valence-electron chi connectivity index (χ4n) is 5.20. The number of aliphatic hydroxyl groups is 1. The molecule has 1 aromatic heterocycles. The molecule has 1 aliphatic rings. The third kappa shape index (κ3) is 9.33. The van der Waals surface area contributed by atoms with E-state index in [1.54, 1.807) is 17.6 Å². The minimum absolute atomic E-state index is 0.0272. The number of likely N-dealkylation sites (tertiary alicyclic amines) is 1. The molecule has 4 rings (SSSR count). The van der Waals surface area contributed by atoms with Crippen LogP contribution in [0, 0.1) is 17.9 Å². The van der Waals surface area contributed by atoms with E-state index >= 15 is 0 Å². The third-order valence-electron chi connectivity index (χ3n) is 7.40. The van der Waals surface area contributed by atoms with E-state index in [1.807, 2.05) is 44.2 Å². The van der Waals surface area contributed by atoms with Gasteiger partial charge >= 0.3 is 0 Å². The van der Waals surface area contributed by atoms with E-state index in [0.29, 0.717) is 12.1 Å². The predicted molar refractivity (Wildman–Crippen MR) is 172 cm³/mol. The lowest BCUT2D eigenvalue weighted by Crippen LogP contribution is -2.55. The molecule has 0 bridgehead atoms. The van der Waals surface area contributed by atoms with Gasteiger partial charge in [-0.25, -0.2) is 13.4 Å². The Balaban J connectivity index is 1.42. The van der Waals surface area contributed by atoms with Crippen molar-refractivity contribution in [2.75, 3.05) is 32.7 Å². The molecule has 0 aliphatic carbocycles. The molecule has 3 N–H and O–H groups in total. The molecule has 0 radical (unpaired) electrons. The largest absolute Gasteiger partial charge is 0.374 e. The third-order valence-corrected chi connectivity index (χ3v) is 10.1. The molecule has 44 heavy (non-hydrogen) atoms. The van der Waals surface area contributed by atoms with Crippen LogP contribution in [-0.4, -0.2) is 78.0 Å². The average molecular weight is 640 g/mol. The van der Waals surface area contributed by atoms with Crippen LogP contribution in [0.5, 0.6) is 0 Å². The number of carbonyl (C=O) groups excluding carboxylic acids is 2. The van der Waals surface area contributed by atoms with E-state index in [9.17, 15) is 23.1 Å². The molecule has 10 nitrogen and oxygen atoms in total. The van der Waals surface area contributed by atoms with E-state index < -0.39 is 15.7 Å². The summed E-state index contributed by atoms with van der Waals surface area (Å²) in [5.41, 5.74) is 1.32. The number of hydrogen-bond donors (Lipinski definition) is 3. The Bertz CT molecular complexity index is 1580. The maximum Gasteiger partial charge on any atom is 0.245 e. The Morgan fingerprint density at radius 2 is 1.89 bits per heavy atom. The molecule has 1 fully saturated rings. The minimum atomic E-state index is -4.14. The highest BCUT2D eigenvalue weighted by atomic mass is 32.2. The van der Waals surface area contributed by atoms with Crippen molar-refractivity contribution in [3.8, 4) is 12.0 Å². The van der Waals surface area contributed by atoms with Crippen molar-refractivity contribution >= 4 is 43.4 Å². The van der Waals surface area contributed by atoms with Crippen molar-refractivity contribution in [2.45, 2.75) is 63.0 Å². The number of aromatic nitrogens is 1. The van der Waals surface area contributed by atoms with Crippen LogP contribution in [0.1, 0.15) is 51.5 Å². The molecule has 2 aromatic carbocycles. The van der Waals surface area contributed by atoms with E-state index in [2.05, 4.69) is 32.5 Å². The van der Waals surface area contributed by atoms with E-state index in [1.165, 1.54) is 21.7 Å². The van der Waals surface area contributed by atoms with Gasteiger partial charge in [-0.2, -0.15) is 4.31 Å². The smallest absolute Gasteiger partial charge is 0.245 e. The van der Waals surface area contributed by atoms with Crippen LogP contribution in [0.15, 0.2) is 58.9 Å². The maximum absolute atomic E-state index is 14.1. The van der Waals surface area contributed by atoms with Gasteiger partial charge in [0, 0.05) is 44.8 Å². The molecule has 2 amide bonds. The van der Waals surface area contributed by atoms with Crippen LogP contribution in [0.3, 0.4) is 0 Å². The predicted octanol–water partition coefficient (Wildman–Crippen LogP) is 3.33. The first kappa shape index (κ1) is 33.6. The summed E-state index contributed by atoms with van der Waals surface area (Å²) in [5, 5.41) is 17.5. The summed E-state index contributed by atoms with van der Waals surface area (Å²) < 4.78 is 30.2. The molecular formula is C32H41N5O5S2. The highest BCUT2D eigenvalue weighted by molar-refractivity contribution is 7.89. The van der Waals surface area contributed by atoms with Gasteiger partial charge in [0.1, 0.15) is 5.72 Å². The van der Waals surface area contributed by atoms with Gasteiger partial charge < -0.3 is 10.4 Å². The normalized spacial score (nSPS) is 15.2. The first-order valence-electron chi connectivity index (χ1n) is 14.9. The fraction of sp³-hybridized carbons (Fsp3) is 0.469. The van der Waals surface area contributed by atoms with Crippen molar-refractivity contribution in [3.63, 3.8) is 0 Å². The second-order valence-electron chi connectivity index (χ2n) is 11.5. The standard InChI is InChI=1S/C32H41N5O5S2/c1-25(2)22-37(44(41,42)27-13-14-28-29(20-27)43-24-35-28)32(40,21-26-10-4-3-5-11-26)15-17-34-30(38)12-6-7-16-33-31(39)23-36-18-8-9-19-36/h3-5,10-11,13-14,20,24-25,40H,6,8-9,12,15,17-19,21-23H2,1-2H3,(H,33,39)(H,34,38). The quantitative estimate of drug-likeness (QED) is 0.140. The van der Waals surface area contributed by atoms with Crippen molar-refractivity contribution in [3.05, 3.63) is 59.6 Å². The van der Waals surface area contributed by atoms with Gasteiger partial charge in [0.2, 0.25) is 21.8 Å². The zero-order valence-corrected chi connectivity index (χ0v) is 26.9. The Labute approximate surface area is 263 Å². The number of thiazole rings is 1. The van der Waals surface area contributed by atoms with Crippen LogP contribution in [-0.2, 0) is 26.0 Å². The molecule has 0 saturated carbocycles. The number of hydrogen-bond acceptors (Lipinski definition) is 8. The highest BCUT2D eigenvalue weighted by Crippen LogP contribution is 2.32. The molecule has 236 valence electrons. The number of carbonyl (C=O) groups is 2. The van der Waals surface area contributed by atoms with Crippen LogP contribution in [0.25, 0.3) is 10.2 Å². The molecule has 12 heteroatoms. The summed E-state index contributed by atoms with van der Waals surface area (Å²) in [6, 6.07) is 16.6. The SMILES string of the molecule is CC(C)CN(C(O)(CCNC(=O)CCC#CNC(=O)CN1CCCC1)Cc1ccccc1)S(=O)(=O)c1ccc2ncsc2c1. The monoisotopic (exact) mass is 639 g/mol. The Morgan fingerprint density at radius 3 is 2.61 bits per heavy atom. The summed E-state index contributed by atoms with van der Waals surface area (Å²) >= 11 is 1.35. The summed E-state index contributed by atoms with van der Waals surface area (Å²) in [6.45, 7) is 6.10. The van der Waals surface area contributed by atoms with Gasteiger partial charge in [0.25, 0.3) is 0 Å². The summed E-state index contributed by atoms with van der Waals surface area (Å²) in [4.78, 5) is 31.0. The van der Waals surface area contributed by atoms with Crippen LogP contribution >= 0.6 is 11.3 Å². The van der Waals surface area contributed by atoms with Gasteiger partial charge in [-0.05, 0) is 55.6 Å². The van der Waals surface area contributed by atoms with Crippen molar-refractivity contribution in [1.82, 2.24) is 24.8 Å². The van der Waals surface area contributed by atoms with Gasteiger partial charge in [-0.1, -0.05) is 50.1 Å². The van der Waals surface area contributed by atoms with Crippen LogP contribution in [0.4, 0.5) is 0 Å². The lowest BCUT2D eigenvalue weighted by atomic mass is 9.98. The number of nitrogens with one attached hydrogen (secondary N) is 2. The number of benzene rings is 2. The average Bonchev–Trinajstić information content (AvgIpc) is 3.68. The van der Waals surface area contributed by atoms with Gasteiger partial charge in [0.05, 0.1) is 27.2 Å². The molecular weight excluding hydrogens is 599 g/mol. The summed E-state index contributed by atoms with van der Waals surface area (Å²) in [5.74, 6) is 2.28. The molecule has 1 saturated heterocycles. The fourth-order valence-corrected chi connectivity index (χ4v) is 7.85. The number of nitrogens with zero attached hydrogens (tertiary/aromatic N) is 3. The Morgan fingerprint density at radius 1 is 1.14 bits per heavy atom. The Hall–Kier alpha value is -3.34. The van der Waals surface area contributed by atoms with Crippen molar-refractivity contribution in [1.29, 1.82) is 0 Å². The maximum atomic E-state index is 14.1. The minimum Gasteiger partial charge on any atom is -0.374 e. The van der Waals surface area contributed by atoms with Crippen LogP contribution in [0.2, 0.25) is 0 Å². The molecule has 1 unspecified atom stereocenters. The van der Waals surface area contributed by atoms with Crippen molar-refractivity contribution in [2.24, 2.45) is 5.92 Å². The molecule has 1 aliphatic heterocycles. The van der Waals surface area contributed by atoms with Crippen LogP contribution < -0.4 is 10.6 Å². The first-order valence-corrected chi connectivity index (χ1v) is 17.3. The number of rotatable bonds is 14. The number of amides is 2. The molecule has 1 atom stereocenters. The summed E-state index contributed by atoms with van der Waals surface area (Å²) in [6.07, 6.45) is 2.58. The van der Waals surface area contributed by atoms with Crippen molar-refractivity contribution < 1.29 is 23.1 Å². The highest BCUT2D eigenvalue weighted by Gasteiger charge is 2.43. The van der Waals surface area contributed by atoms with E-state index in [4.69, 9.17) is 0 Å². The topological polar surface area (TPSA) is 132 Å². The van der Waals surface area contributed by atoms with Gasteiger partial charge in [0.15, 0.2) is 0 Å². The number of fused-ring (bicyclic) bond motifs is 1. The second kappa shape index (κ2) is 15.6.